The van der Waals surface area contributed by atoms with Crippen molar-refractivity contribution in [2.24, 2.45) is 0 Å². The number of aromatic nitrogens is 8. The van der Waals surface area contributed by atoms with Gasteiger partial charge in [0.1, 0.15) is 67.0 Å². The van der Waals surface area contributed by atoms with Crippen LogP contribution in [0.2, 0.25) is 0 Å². The second-order valence-corrected chi connectivity index (χ2v) is 20.1. The van der Waals surface area contributed by atoms with Gasteiger partial charge in [-0.2, -0.15) is 9.97 Å². The van der Waals surface area contributed by atoms with E-state index in [0.29, 0.717) is 0 Å². The van der Waals surface area contributed by atoms with E-state index >= 15 is 0 Å². The normalized spacial score (nSPS) is 31.2. The van der Waals surface area contributed by atoms with Gasteiger partial charge in [0, 0.05) is 30.5 Å². The lowest BCUT2D eigenvalue weighted by Crippen LogP contribution is -2.38. The van der Waals surface area contributed by atoms with Gasteiger partial charge in [0.2, 0.25) is 5.95 Å². The number of ether oxygens (including phenoxy) is 4. The molecule has 0 aromatic carbocycles. The number of hydrogen-bond acceptors (Lipinski definition) is 26. The average Bonchev–Trinajstić information content (AvgIpc) is 4.12. The molecule has 71 heavy (non-hydrogen) atoms. The summed E-state index contributed by atoms with van der Waals surface area (Å²) in [4.78, 5) is 110. The maximum Gasteiger partial charge on any atom is 0.472 e. The Bertz CT molecular complexity index is 3090. The monoisotopic (exact) mass is 1070 g/mol. The summed E-state index contributed by atoms with van der Waals surface area (Å²) in [5.74, 6) is -1.33. The molecule has 34 nitrogen and oxygen atoms in total. The van der Waals surface area contributed by atoms with Gasteiger partial charge in [-0.3, -0.25) is 60.4 Å². The Morgan fingerprint density at radius 3 is 2.06 bits per heavy atom. The van der Waals surface area contributed by atoms with Crippen molar-refractivity contribution in [1.82, 2.24) is 38.6 Å². The summed E-state index contributed by atoms with van der Waals surface area (Å²) in [5.41, 5.74) is 7.14. The molecule has 0 spiro atoms. The highest BCUT2D eigenvalue weighted by molar-refractivity contribution is 7.48. The van der Waals surface area contributed by atoms with Crippen LogP contribution in [-0.2, 0) is 64.6 Å². The van der Waals surface area contributed by atoms with Crippen molar-refractivity contribution in [2.75, 3.05) is 37.9 Å². The number of aliphatic hydroxyl groups excluding tert-OH is 3. The predicted molar refractivity (Wildman–Crippen MR) is 228 cm³/mol. The van der Waals surface area contributed by atoms with Gasteiger partial charge in [-0.25, -0.2) is 33.1 Å². The number of rotatable bonds is 19. The van der Waals surface area contributed by atoms with Crippen LogP contribution < -0.4 is 34.0 Å². The Morgan fingerprint density at radius 2 is 1.41 bits per heavy atom. The van der Waals surface area contributed by atoms with Crippen LogP contribution in [0, 0.1) is 6.92 Å². The zero-order chi connectivity index (χ0) is 51.3. The van der Waals surface area contributed by atoms with Crippen LogP contribution in [0.4, 0.5) is 11.8 Å². The van der Waals surface area contributed by atoms with E-state index in [9.17, 15) is 67.7 Å². The van der Waals surface area contributed by atoms with Gasteiger partial charge >= 0.3 is 40.8 Å². The molecule has 4 aliphatic heterocycles. The summed E-state index contributed by atoms with van der Waals surface area (Å²) in [5, 5.41) is 32.6. The Hall–Kier alpha value is -5.19. The summed E-state index contributed by atoms with van der Waals surface area (Å²) in [7, 11) is -16.1. The number of anilines is 2. The number of nitrogens with zero attached hydrogens (tertiary/aromatic N) is 6. The molecule has 4 aromatic heterocycles. The van der Waals surface area contributed by atoms with Gasteiger partial charge < -0.3 is 60.4 Å². The fourth-order valence-electron chi connectivity index (χ4n) is 7.70. The number of aliphatic hydroxyl groups is 3. The van der Waals surface area contributed by atoms with E-state index in [2.05, 4.69) is 24.9 Å². The summed E-state index contributed by atoms with van der Waals surface area (Å²) >= 11 is 0. The topological polar surface area (TPSA) is 487 Å². The Balaban J connectivity index is 1.01. The molecule has 8 heterocycles. The SMILES string of the molecule is Cc1cn([C@H]2C[C@H](OP(=O)(O)OC[C@@H]3C=CC(=O)O3)[C@@H](COP(=O)(O)O[C@H]3[C@@H](O)[C@H](n4cnc5c(=O)[nH]c(N)nc54)O[C@@H]3COP(=O)(O)O[C@H]3[C@@H](O)[C@H](n4ccc(N)nc4=O)O[C@@H]3CO)O2)c(=O)[nH]c1=O. The minimum absolute atomic E-state index is 0.0419. The van der Waals surface area contributed by atoms with Crippen molar-refractivity contribution in [3.05, 3.63) is 84.2 Å². The third-order valence-electron chi connectivity index (χ3n) is 11.0. The number of phosphoric acid groups is 3. The van der Waals surface area contributed by atoms with Crippen LogP contribution >= 0.6 is 23.5 Å². The lowest BCUT2D eigenvalue weighted by Gasteiger charge is -2.26. The number of esters is 1. The van der Waals surface area contributed by atoms with Crippen LogP contribution in [0.25, 0.3) is 11.2 Å². The number of hydrogen-bond donors (Lipinski definition) is 10. The molecule has 388 valence electrons. The van der Waals surface area contributed by atoms with Crippen molar-refractivity contribution in [3.8, 4) is 0 Å². The van der Waals surface area contributed by atoms with Gasteiger partial charge in [-0.05, 0) is 19.1 Å². The van der Waals surface area contributed by atoms with Gasteiger partial charge in [0.05, 0.1) is 32.8 Å². The number of carbonyl (C=O) groups excluding carboxylic acids is 1. The number of carbonyl (C=O) groups is 1. The number of cyclic esters (lactones) is 1. The Labute approximate surface area is 394 Å². The van der Waals surface area contributed by atoms with E-state index in [1.165, 1.54) is 19.1 Å². The maximum absolute atomic E-state index is 13.8. The zero-order valence-corrected chi connectivity index (χ0v) is 38.8. The van der Waals surface area contributed by atoms with Crippen molar-refractivity contribution >= 4 is 52.4 Å². The molecule has 0 amide bonds. The van der Waals surface area contributed by atoms with Crippen molar-refractivity contribution in [3.63, 3.8) is 0 Å². The summed E-state index contributed by atoms with van der Waals surface area (Å²) < 4.78 is 96.3. The number of phosphoric ester groups is 3. The van der Waals surface area contributed by atoms with E-state index in [-0.39, 0.29) is 22.5 Å². The van der Waals surface area contributed by atoms with Crippen molar-refractivity contribution < 1.29 is 94.6 Å². The highest BCUT2D eigenvalue weighted by Gasteiger charge is 2.53. The number of nitrogen functional groups attached to an aromatic ring is 2. The first-order chi connectivity index (χ1) is 33.4. The highest BCUT2D eigenvalue weighted by atomic mass is 31.2. The lowest BCUT2D eigenvalue weighted by molar-refractivity contribution is -0.139. The smallest absolute Gasteiger partial charge is 0.452 e. The minimum Gasteiger partial charge on any atom is -0.452 e. The number of nitrogens with two attached hydrogens (primary N) is 2. The molecular formula is C34H43N10O24P3. The number of imidazole rings is 1. The van der Waals surface area contributed by atoms with E-state index < -0.39 is 164 Å². The largest absolute Gasteiger partial charge is 0.472 e. The van der Waals surface area contributed by atoms with Gasteiger partial charge in [-0.15, -0.1) is 0 Å². The number of H-pyrrole nitrogens is 2. The Morgan fingerprint density at radius 1 is 0.789 bits per heavy atom. The first-order valence-electron chi connectivity index (χ1n) is 20.6. The molecule has 4 aromatic rings. The zero-order valence-electron chi connectivity index (χ0n) is 36.1. The van der Waals surface area contributed by atoms with E-state index in [0.717, 1.165) is 38.5 Å². The number of fused-ring (bicyclic) bond motifs is 1. The molecule has 15 atom stereocenters. The molecule has 8 rings (SSSR count). The molecule has 3 fully saturated rings. The predicted octanol–water partition coefficient (Wildman–Crippen LogP) is -3.82. The van der Waals surface area contributed by atoms with Gasteiger partial charge in [0.15, 0.2) is 23.6 Å². The lowest BCUT2D eigenvalue weighted by atomic mass is 10.1. The first-order valence-corrected chi connectivity index (χ1v) is 25.1. The molecular weight excluding hydrogens is 1030 g/mol. The molecule has 0 saturated carbocycles. The second kappa shape index (κ2) is 20.4. The van der Waals surface area contributed by atoms with Crippen LogP contribution in [0.1, 0.15) is 30.7 Å². The molecule has 3 saturated heterocycles. The fraction of sp³-hybridized carbons (Fsp3) is 0.529. The van der Waals surface area contributed by atoms with Crippen LogP contribution in [-0.4, -0.2) is 156 Å². The van der Waals surface area contributed by atoms with Crippen molar-refractivity contribution in [1.29, 1.82) is 0 Å². The standard InChI is InChI=1S/C34H43N10O24P3/c1-13-7-43(34(52)41-28(13)49)20-6-15(66-69(53,54)59-9-14-2-3-21(46)62-14)17(63-20)10-60-70(55,56)68-26-18(65-31(24(26)48)44-12-37-22-27(44)39-32(36)40-29(22)50)11-61-71(57,58)67-25-16(8-45)64-30(23(25)47)42-5-4-19(35)38-33(42)51/h2-5,7,12,14-18,20,23-26,30-31,45,47-48H,6,8-11H2,1H3,(H,53,54)(H,55,56)(H,57,58)(H2,35,38,51)(H,41,49,52)(H3,36,39,40,50)/t14-,15-,16+,17+,18+,20+,23+,24+,25+,26+,30+,31+/m0/s1. The van der Waals surface area contributed by atoms with Crippen LogP contribution in [0.3, 0.4) is 0 Å². The summed E-state index contributed by atoms with van der Waals surface area (Å²) in [6.07, 6.45) is -15.5. The molecule has 4 aliphatic rings. The quantitative estimate of drug-likeness (QED) is 0.0318. The third-order valence-corrected chi connectivity index (χ3v) is 14.0. The van der Waals surface area contributed by atoms with E-state index in [4.69, 9.17) is 57.6 Å². The average molecular weight is 1070 g/mol. The van der Waals surface area contributed by atoms with Gasteiger partial charge in [0.25, 0.3) is 11.1 Å². The van der Waals surface area contributed by atoms with Gasteiger partial charge in [-0.1, -0.05) is 0 Å². The van der Waals surface area contributed by atoms with E-state index in [1.54, 1.807) is 0 Å². The summed E-state index contributed by atoms with van der Waals surface area (Å²) in [6.45, 7) is -2.44. The summed E-state index contributed by atoms with van der Waals surface area (Å²) in [6, 6.07) is 1.18. The molecule has 0 bridgehead atoms. The number of aromatic amines is 2. The maximum atomic E-state index is 13.8. The third kappa shape index (κ3) is 11.5. The van der Waals surface area contributed by atoms with E-state index in [1.807, 2.05) is 0 Å². The Kier molecular flexibility index (Phi) is 15.0. The van der Waals surface area contributed by atoms with Crippen LogP contribution in [0.15, 0.2) is 56.1 Å². The molecule has 0 radical (unpaired) electrons. The molecule has 3 unspecified atom stereocenters. The molecule has 0 aliphatic carbocycles. The first kappa shape index (κ1) is 52.1. The fourth-order valence-corrected chi connectivity index (χ4v) is 10.6. The molecule has 37 heteroatoms. The molecule has 12 N–H and O–H groups in total. The highest BCUT2D eigenvalue weighted by Crippen LogP contribution is 2.53. The van der Waals surface area contributed by atoms with Crippen LogP contribution in [0.5, 0.6) is 0 Å². The number of aryl methyl sites for hydroxylation is 1. The van der Waals surface area contributed by atoms with Crippen molar-refractivity contribution in [2.45, 2.75) is 87.0 Å². The minimum atomic E-state index is -5.58. The second-order valence-electron chi connectivity index (χ2n) is 15.9. The number of nitrogens with one attached hydrogen (secondary N) is 2.